The van der Waals surface area contributed by atoms with Gasteiger partial charge in [0.1, 0.15) is 0 Å². The predicted molar refractivity (Wildman–Crippen MR) is 79.7 cm³/mol. The molecule has 0 radical (unpaired) electrons. The molecule has 5 heteroatoms. The van der Waals surface area contributed by atoms with Crippen LogP contribution in [0.1, 0.15) is 0 Å². The van der Waals surface area contributed by atoms with Gasteiger partial charge < -0.3 is 9.73 Å². The zero-order chi connectivity index (χ0) is 13.9. The maximum Gasteiger partial charge on any atom is 0.250 e. The molecule has 0 amide bonds. The zero-order valence-corrected chi connectivity index (χ0v) is 11.6. The maximum absolute atomic E-state index is 6.13. The van der Waals surface area contributed by atoms with E-state index < -0.39 is 0 Å². The van der Waals surface area contributed by atoms with Crippen LogP contribution >= 0.6 is 11.6 Å². The van der Waals surface area contributed by atoms with E-state index in [9.17, 15) is 0 Å². The number of hydrogen-bond donors (Lipinski definition) is 1. The number of nitrogens with one attached hydrogen (secondary N) is 1. The van der Waals surface area contributed by atoms with Gasteiger partial charge in [0.2, 0.25) is 11.8 Å². The number of rotatable bonds is 3. The van der Waals surface area contributed by atoms with Crippen molar-refractivity contribution in [1.29, 1.82) is 0 Å². The summed E-state index contributed by atoms with van der Waals surface area (Å²) in [7, 11) is 1.85. The molecular formula is C15H12ClN3O. The van der Waals surface area contributed by atoms with E-state index in [1.807, 2.05) is 49.5 Å². The lowest BCUT2D eigenvalue weighted by Crippen LogP contribution is -1.91. The van der Waals surface area contributed by atoms with Crippen LogP contribution < -0.4 is 5.32 Å². The molecule has 0 unspecified atom stereocenters. The molecule has 0 atom stereocenters. The lowest BCUT2D eigenvalue weighted by Gasteiger charge is -2.04. The summed E-state index contributed by atoms with van der Waals surface area (Å²) in [5.74, 6) is 0.876. The molecule has 1 heterocycles. The normalized spacial score (nSPS) is 10.5. The standard InChI is InChI=1S/C15H12ClN3O/c1-17-13-9-5-3-7-11(13)15-19-18-14(20-15)10-6-2-4-8-12(10)16/h2-9,17H,1H3. The summed E-state index contributed by atoms with van der Waals surface area (Å²) in [5, 5.41) is 11.9. The van der Waals surface area contributed by atoms with E-state index >= 15 is 0 Å². The Kier molecular flexibility index (Phi) is 3.39. The number of halogens is 1. The van der Waals surface area contributed by atoms with Crippen LogP contribution in [0, 0.1) is 0 Å². The van der Waals surface area contributed by atoms with Crippen molar-refractivity contribution in [3.8, 4) is 22.9 Å². The zero-order valence-electron chi connectivity index (χ0n) is 10.8. The summed E-state index contributed by atoms with van der Waals surface area (Å²) in [6.07, 6.45) is 0. The average Bonchev–Trinajstić information content (AvgIpc) is 2.97. The van der Waals surface area contributed by atoms with Crippen LogP contribution in [0.25, 0.3) is 22.9 Å². The Morgan fingerprint density at radius 2 is 1.50 bits per heavy atom. The van der Waals surface area contributed by atoms with E-state index in [-0.39, 0.29) is 0 Å². The molecule has 0 aliphatic rings. The third kappa shape index (κ3) is 2.26. The summed E-state index contributed by atoms with van der Waals surface area (Å²) in [6.45, 7) is 0. The van der Waals surface area contributed by atoms with Crippen molar-refractivity contribution in [3.63, 3.8) is 0 Å². The van der Waals surface area contributed by atoms with E-state index in [4.69, 9.17) is 16.0 Å². The Bertz CT molecular complexity index is 739. The monoisotopic (exact) mass is 285 g/mol. The molecule has 20 heavy (non-hydrogen) atoms. The highest BCUT2D eigenvalue weighted by molar-refractivity contribution is 6.33. The van der Waals surface area contributed by atoms with Crippen LogP contribution in [0.4, 0.5) is 5.69 Å². The molecule has 0 bridgehead atoms. The van der Waals surface area contributed by atoms with Crippen molar-refractivity contribution in [2.45, 2.75) is 0 Å². The molecule has 1 aromatic heterocycles. The minimum Gasteiger partial charge on any atom is -0.416 e. The molecule has 100 valence electrons. The van der Waals surface area contributed by atoms with E-state index in [2.05, 4.69) is 15.5 Å². The SMILES string of the molecule is CNc1ccccc1-c1nnc(-c2ccccc2Cl)o1. The van der Waals surface area contributed by atoms with Crippen LogP contribution in [0.5, 0.6) is 0 Å². The molecule has 0 fully saturated rings. The molecule has 4 nitrogen and oxygen atoms in total. The van der Waals surface area contributed by atoms with Gasteiger partial charge >= 0.3 is 0 Å². The number of benzene rings is 2. The first-order chi connectivity index (χ1) is 9.79. The van der Waals surface area contributed by atoms with Gasteiger partial charge in [-0.15, -0.1) is 10.2 Å². The van der Waals surface area contributed by atoms with Gasteiger partial charge in [0.05, 0.1) is 16.1 Å². The first kappa shape index (κ1) is 12.7. The van der Waals surface area contributed by atoms with Crippen molar-refractivity contribution >= 4 is 17.3 Å². The second-order valence-corrected chi connectivity index (χ2v) is 4.59. The molecule has 0 saturated heterocycles. The van der Waals surface area contributed by atoms with Crippen LogP contribution in [0.15, 0.2) is 52.9 Å². The van der Waals surface area contributed by atoms with Crippen LogP contribution in [0.3, 0.4) is 0 Å². The second-order valence-electron chi connectivity index (χ2n) is 4.19. The Morgan fingerprint density at radius 1 is 0.900 bits per heavy atom. The predicted octanol–water partition coefficient (Wildman–Crippen LogP) is 4.10. The summed E-state index contributed by atoms with van der Waals surface area (Å²) >= 11 is 6.13. The molecule has 3 aromatic rings. The molecule has 2 aromatic carbocycles. The average molecular weight is 286 g/mol. The third-order valence-electron chi connectivity index (χ3n) is 2.96. The fourth-order valence-corrected chi connectivity index (χ4v) is 2.18. The van der Waals surface area contributed by atoms with Gasteiger partial charge in [-0.1, -0.05) is 35.9 Å². The first-order valence-corrected chi connectivity index (χ1v) is 6.53. The lowest BCUT2D eigenvalue weighted by molar-refractivity contribution is 0.585. The molecule has 0 spiro atoms. The molecule has 0 aliphatic carbocycles. The molecule has 0 aliphatic heterocycles. The Labute approximate surface area is 121 Å². The topological polar surface area (TPSA) is 51.0 Å². The quantitative estimate of drug-likeness (QED) is 0.787. The third-order valence-corrected chi connectivity index (χ3v) is 3.29. The summed E-state index contributed by atoms with van der Waals surface area (Å²) in [4.78, 5) is 0. The number of para-hydroxylation sites is 1. The number of aromatic nitrogens is 2. The maximum atomic E-state index is 6.13. The Hall–Kier alpha value is -2.33. The van der Waals surface area contributed by atoms with E-state index in [1.165, 1.54) is 0 Å². The largest absolute Gasteiger partial charge is 0.416 e. The highest BCUT2D eigenvalue weighted by Crippen LogP contribution is 2.31. The van der Waals surface area contributed by atoms with Gasteiger partial charge in [-0.05, 0) is 24.3 Å². The summed E-state index contributed by atoms with van der Waals surface area (Å²) in [5.41, 5.74) is 2.53. The molecular weight excluding hydrogens is 274 g/mol. The minimum atomic E-state index is 0.413. The van der Waals surface area contributed by atoms with Gasteiger partial charge in [0.15, 0.2) is 0 Å². The van der Waals surface area contributed by atoms with Gasteiger partial charge in [-0.25, -0.2) is 0 Å². The van der Waals surface area contributed by atoms with Crippen molar-refractivity contribution in [1.82, 2.24) is 10.2 Å². The summed E-state index contributed by atoms with van der Waals surface area (Å²) in [6, 6.07) is 15.1. The van der Waals surface area contributed by atoms with E-state index in [0.29, 0.717) is 16.8 Å². The fraction of sp³-hybridized carbons (Fsp3) is 0.0667. The minimum absolute atomic E-state index is 0.413. The van der Waals surface area contributed by atoms with Crippen molar-refractivity contribution < 1.29 is 4.42 Å². The highest BCUT2D eigenvalue weighted by atomic mass is 35.5. The first-order valence-electron chi connectivity index (χ1n) is 6.15. The van der Waals surface area contributed by atoms with Gasteiger partial charge in [-0.3, -0.25) is 0 Å². The van der Waals surface area contributed by atoms with E-state index in [0.717, 1.165) is 16.8 Å². The van der Waals surface area contributed by atoms with Crippen LogP contribution in [0.2, 0.25) is 5.02 Å². The fourth-order valence-electron chi connectivity index (χ4n) is 1.96. The molecule has 3 rings (SSSR count). The molecule has 1 N–H and O–H groups in total. The second kappa shape index (κ2) is 5.35. The summed E-state index contributed by atoms with van der Waals surface area (Å²) < 4.78 is 5.73. The number of anilines is 1. The molecule has 0 saturated carbocycles. The Morgan fingerprint density at radius 3 is 2.20 bits per heavy atom. The van der Waals surface area contributed by atoms with Gasteiger partial charge in [0, 0.05) is 12.7 Å². The van der Waals surface area contributed by atoms with Crippen LogP contribution in [-0.2, 0) is 0 Å². The van der Waals surface area contributed by atoms with Crippen molar-refractivity contribution in [2.75, 3.05) is 12.4 Å². The van der Waals surface area contributed by atoms with Crippen LogP contribution in [-0.4, -0.2) is 17.2 Å². The number of nitrogens with zero attached hydrogens (tertiary/aromatic N) is 2. The highest BCUT2D eigenvalue weighted by Gasteiger charge is 2.14. The number of hydrogen-bond acceptors (Lipinski definition) is 4. The van der Waals surface area contributed by atoms with Gasteiger partial charge in [0.25, 0.3) is 0 Å². The van der Waals surface area contributed by atoms with Crippen molar-refractivity contribution in [2.24, 2.45) is 0 Å². The van der Waals surface area contributed by atoms with Gasteiger partial charge in [-0.2, -0.15) is 0 Å². The lowest BCUT2D eigenvalue weighted by atomic mass is 10.2. The van der Waals surface area contributed by atoms with E-state index in [1.54, 1.807) is 6.07 Å². The van der Waals surface area contributed by atoms with Crippen molar-refractivity contribution in [3.05, 3.63) is 53.6 Å². The smallest absolute Gasteiger partial charge is 0.250 e. The Balaban J connectivity index is 2.05.